The molecule has 3 N–H and O–H groups in total. The Kier molecular flexibility index (Phi) is 5.62. The number of nitrogens with one attached hydrogen (secondary N) is 1. The van der Waals surface area contributed by atoms with E-state index in [-0.39, 0.29) is 0 Å². The van der Waals surface area contributed by atoms with Gasteiger partial charge in [-0.1, -0.05) is 39.7 Å². The molecule has 0 spiro atoms. The molecule has 1 heterocycles. The molecule has 3 rings (SSSR count). The minimum atomic E-state index is 0.521. The van der Waals surface area contributed by atoms with Crippen molar-refractivity contribution in [1.29, 1.82) is 0 Å². The summed E-state index contributed by atoms with van der Waals surface area (Å²) in [5.74, 6) is 1.22. The highest BCUT2D eigenvalue weighted by molar-refractivity contribution is 9.12. The molecule has 1 fully saturated rings. The van der Waals surface area contributed by atoms with Gasteiger partial charge < -0.3 is 11.1 Å². The minimum Gasteiger partial charge on any atom is -0.405 e. The zero-order valence-corrected chi connectivity index (χ0v) is 15.4. The van der Waals surface area contributed by atoms with Crippen LogP contribution in [0.5, 0.6) is 0 Å². The Balaban J connectivity index is 2.04. The third kappa shape index (κ3) is 3.90. The highest BCUT2D eigenvalue weighted by atomic mass is 79.9. The first-order valence-corrected chi connectivity index (χ1v) is 9.31. The summed E-state index contributed by atoms with van der Waals surface area (Å²) in [6.45, 7) is 2.22. The number of nitrogens with two attached hydrogens (primary N) is 1. The van der Waals surface area contributed by atoms with Crippen molar-refractivity contribution in [2.24, 2.45) is 11.7 Å². The fourth-order valence-electron chi connectivity index (χ4n) is 3.67. The second-order valence-electron chi connectivity index (χ2n) is 6.24. The molecule has 1 aromatic rings. The monoisotopic (exact) mass is 392 g/mol. The van der Waals surface area contributed by atoms with E-state index < -0.39 is 0 Å². The molecule has 4 heteroatoms. The van der Waals surface area contributed by atoms with E-state index in [1.807, 2.05) is 12.1 Å². The summed E-state index contributed by atoms with van der Waals surface area (Å²) < 4.78 is 1.12. The van der Waals surface area contributed by atoms with Gasteiger partial charge in [0.05, 0.1) is 0 Å². The standard InChI is InChI=1S/C19H22BrClN2/c20-19-12-15-10-16(21)3-4-17(15)18(11-14(19)2-1-7-22)13-5-8-23-9-6-13/h1-4,7,10,12-13,18,23H,5-6,8-9,11,22H2/b7-1-,14-2+. The zero-order valence-electron chi connectivity index (χ0n) is 13.1. The Bertz CT molecular complexity index is 657. The maximum Gasteiger partial charge on any atom is 0.0412 e. The Labute approximate surface area is 151 Å². The van der Waals surface area contributed by atoms with Crippen LogP contribution in [0.2, 0.25) is 5.02 Å². The number of allylic oxidation sites excluding steroid dienone is 4. The summed E-state index contributed by atoms with van der Waals surface area (Å²) in [5, 5.41) is 4.26. The quantitative estimate of drug-likeness (QED) is 0.745. The van der Waals surface area contributed by atoms with Gasteiger partial charge in [0.25, 0.3) is 0 Å². The van der Waals surface area contributed by atoms with Gasteiger partial charge in [-0.05, 0) is 91.4 Å². The molecule has 1 atom stereocenters. The molecule has 1 aliphatic carbocycles. The number of benzene rings is 1. The SMILES string of the molecule is N/C=C\C=C1/CC(C2CCNCC2)c2ccc(Cl)cc2C=C1Br. The van der Waals surface area contributed by atoms with Crippen molar-refractivity contribution in [3.63, 3.8) is 0 Å². The molecule has 0 radical (unpaired) electrons. The lowest BCUT2D eigenvalue weighted by atomic mass is 9.76. The number of rotatable bonds is 2. The van der Waals surface area contributed by atoms with Gasteiger partial charge in [-0.3, -0.25) is 0 Å². The second kappa shape index (κ2) is 7.69. The van der Waals surface area contributed by atoms with Gasteiger partial charge >= 0.3 is 0 Å². The van der Waals surface area contributed by atoms with Crippen molar-refractivity contribution in [1.82, 2.24) is 5.32 Å². The van der Waals surface area contributed by atoms with Crippen LogP contribution >= 0.6 is 27.5 Å². The van der Waals surface area contributed by atoms with Crippen LogP contribution in [-0.4, -0.2) is 13.1 Å². The van der Waals surface area contributed by atoms with Crippen LogP contribution in [0.25, 0.3) is 6.08 Å². The molecule has 23 heavy (non-hydrogen) atoms. The maximum absolute atomic E-state index is 6.23. The van der Waals surface area contributed by atoms with Crippen LogP contribution in [0.15, 0.2) is 46.6 Å². The van der Waals surface area contributed by atoms with E-state index in [0.717, 1.165) is 29.0 Å². The highest BCUT2D eigenvalue weighted by Crippen LogP contribution is 2.44. The summed E-state index contributed by atoms with van der Waals surface area (Å²) in [6.07, 6.45) is 11.3. The molecule has 0 bridgehead atoms. The third-order valence-electron chi connectivity index (χ3n) is 4.84. The van der Waals surface area contributed by atoms with E-state index in [2.05, 4.69) is 45.5 Å². The Morgan fingerprint density at radius 2 is 2.04 bits per heavy atom. The lowest BCUT2D eigenvalue weighted by Crippen LogP contribution is -2.31. The van der Waals surface area contributed by atoms with Crippen molar-refractivity contribution in [2.45, 2.75) is 25.2 Å². The van der Waals surface area contributed by atoms with Gasteiger partial charge in [0.2, 0.25) is 0 Å². The number of hydrogen-bond donors (Lipinski definition) is 2. The topological polar surface area (TPSA) is 38.0 Å². The maximum atomic E-state index is 6.23. The molecule has 0 aromatic heterocycles. The molecule has 1 aromatic carbocycles. The average Bonchev–Trinajstić information content (AvgIpc) is 2.69. The second-order valence-corrected chi connectivity index (χ2v) is 7.53. The molecule has 122 valence electrons. The molecule has 1 aliphatic heterocycles. The van der Waals surface area contributed by atoms with Crippen LogP contribution in [0.1, 0.15) is 36.3 Å². The van der Waals surface area contributed by atoms with Crippen molar-refractivity contribution in [2.75, 3.05) is 13.1 Å². The predicted molar refractivity (Wildman–Crippen MR) is 103 cm³/mol. The summed E-state index contributed by atoms with van der Waals surface area (Å²) in [6, 6.07) is 6.31. The highest BCUT2D eigenvalue weighted by Gasteiger charge is 2.29. The smallest absolute Gasteiger partial charge is 0.0412 e. The summed E-state index contributed by atoms with van der Waals surface area (Å²) >= 11 is 9.98. The number of piperidine rings is 1. The zero-order chi connectivity index (χ0) is 16.2. The lowest BCUT2D eigenvalue weighted by Gasteiger charge is -2.31. The van der Waals surface area contributed by atoms with Crippen molar-refractivity contribution in [3.8, 4) is 0 Å². The van der Waals surface area contributed by atoms with Gasteiger partial charge in [0.1, 0.15) is 0 Å². The Morgan fingerprint density at radius 1 is 1.26 bits per heavy atom. The van der Waals surface area contributed by atoms with Crippen LogP contribution in [-0.2, 0) is 0 Å². The summed E-state index contributed by atoms with van der Waals surface area (Å²) in [5.41, 5.74) is 9.46. The van der Waals surface area contributed by atoms with E-state index in [9.17, 15) is 0 Å². The first kappa shape index (κ1) is 16.8. The van der Waals surface area contributed by atoms with Crippen molar-refractivity contribution >= 4 is 33.6 Å². The van der Waals surface area contributed by atoms with Crippen LogP contribution in [0, 0.1) is 5.92 Å². The van der Waals surface area contributed by atoms with Gasteiger partial charge in [-0.15, -0.1) is 0 Å². The van der Waals surface area contributed by atoms with E-state index in [1.165, 1.54) is 29.5 Å². The van der Waals surface area contributed by atoms with Crippen molar-refractivity contribution < 1.29 is 0 Å². The molecule has 2 nitrogen and oxygen atoms in total. The minimum absolute atomic E-state index is 0.521. The predicted octanol–water partition coefficient (Wildman–Crippen LogP) is 4.96. The third-order valence-corrected chi connectivity index (χ3v) is 5.81. The molecule has 0 saturated carbocycles. The average molecular weight is 394 g/mol. The molecule has 1 unspecified atom stereocenters. The summed E-state index contributed by atoms with van der Waals surface area (Å²) in [4.78, 5) is 0. The van der Waals surface area contributed by atoms with E-state index in [0.29, 0.717) is 11.8 Å². The molecular weight excluding hydrogens is 372 g/mol. The molecule has 0 amide bonds. The lowest BCUT2D eigenvalue weighted by molar-refractivity contribution is 0.316. The van der Waals surface area contributed by atoms with Crippen LogP contribution in [0.3, 0.4) is 0 Å². The largest absolute Gasteiger partial charge is 0.405 e. The first-order chi connectivity index (χ1) is 11.2. The fraction of sp³-hybridized carbons (Fsp3) is 0.368. The van der Waals surface area contributed by atoms with Crippen LogP contribution < -0.4 is 11.1 Å². The Hall–Kier alpha value is -1.03. The van der Waals surface area contributed by atoms with E-state index >= 15 is 0 Å². The number of hydrogen-bond acceptors (Lipinski definition) is 2. The Morgan fingerprint density at radius 3 is 2.78 bits per heavy atom. The molecule has 1 saturated heterocycles. The van der Waals surface area contributed by atoms with Crippen molar-refractivity contribution in [3.05, 3.63) is 62.8 Å². The van der Waals surface area contributed by atoms with E-state index in [1.54, 1.807) is 6.20 Å². The summed E-state index contributed by atoms with van der Waals surface area (Å²) in [7, 11) is 0. The van der Waals surface area contributed by atoms with Gasteiger partial charge in [0.15, 0.2) is 0 Å². The number of fused-ring (bicyclic) bond motifs is 1. The van der Waals surface area contributed by atoms with Gasteiger partial charge in [0, 0.05) is 9.51 Å². The normalized spacial score (nSPS) is 24.5. The van der Waals surface area contributed by atoms with Gasteiger partial charge in [-0.25, -0.2) is 0 Å². The van der Waals surface area contributed by atoms with E-state index in [4.69, 9.17) is 17.3 Å². The first-order valence-electron chi connectivity index (χ1n) is 8.14. The molecular formula is C19H22BrClN2. The molecule has 2 aliphatic rings. The van der Waals surface area contributed by atoms with Gasteiger partial charge in [-0.2, -0.15) is 0 Å². The fourth-order valence-corrected chi connectivity index (χ4v) is 4.39. The van der Waals surface area contributed by atoms with Crippen LogP contribution in [0.4, 0.5) is 0 Å². The number of halogens is 2.